The number of nitrogens with one attached hydrogen (secondary N) is 1. The Morgan fingerprint density at radius 3 is 2.54 bits per heavy atom. The molecule has 6 nitrogen and oxygen atoms in total. The van der Waals surface area contributed by atoms with Gasteiger partial charge in [0.1, 0.15) is 11.5 Å². The van der Waals surface area contributed by atoms with E-state index in [1.807, 2.05) is 0 Å². The van der Waals surface area contributed by atoms with E-state index in [1.165, 1.54) is 0 Å². The zero-order valence-corrected chi connectivity index (χ0v) is 14.9. The number of amides is 2. The van der Waals surface area contributed by atoms with Crippen LogP contribution < -0.4 is 10.1 Å². The summed E-state index contributed by atoms with van der Waals surface area (Å²) in [5.74, 6) is 0.706. The van der Waals surface area contributed by atoms with Crippen molar-refractivity contribution in [1.29, 1.82) is 0 Å². The first kappa shape index (κ1) is 18.2. The van der Waals surface area contributed by atoms with Crippen LogP contribution in [0.4, 0.5) is 0 Å². The van der Waals surface area contributed by atoms with Crippen molar-refractivity contribution in [2.45, 2.75) is 0 Å². The highest BCUT2D eigenvalue weighted by Gasteiger charge is 2.17. The van der Waals surface area contributed by atoms with Crippen molar-refractivity contribution in [2.24, 2.45) is 0 Å². The van der Waals surface area contributed by atoms with E-state index in [2.05, 4.69) is 5.32 Å². The molecule has 1 saturated heterocycles. The van der Waals surface area contributed by atoms with E-state index in [4.69, 9.17) is 21.1 Å². The maximum atomic E-state index is 12.3. The Morgan fingerprint density at radius 2 is 1.81 bits per heavy atom. The van der Waals surface area contributed by atoms with Crippen molar-refractivity contribution in [2.75, 3.05) is 32.8 Å². The number of carbonyl (C=O) groups is 2. The largest absolute Gasteiger partial charge is 0.457 e. The van der Waals surface area contributed by atoms with Crippen molar-refractivity contribution in [3.05, 3.63) is 59.1 Å². The van der Waals surface area contributed by atoms with Crippen LogP contribution in [0.25, 0.3) is 0 Å². The molecule has 2 aromatic carbocycles. The van der Waals surface area contributed by atoms with Gasteiger partial charge in [0, 0.05) is 23.7 Å². The van der Waals surface area contributed by atoms with Crippen molar-refractivity contribution in [3.63, 3.8) is 0 Å². The first-order valence-corrected chi connectivity index (χ1v) is 8.67. The summed E-state index contributed by atoms with van der Waals surface area (Å²) in [5, 5.41) is 3.27. The SMILES string of the molecule is O=C(NCC(=O)N1CCOCC1)c1cccc(Oc2ccc(Cl)cc2)c1. The topological polar surface area (TPSA) is 67.9 Å². The minimum atomic E-state index is -0.326. The fourth-order valence-corrected chi connectivity index (χ4v) is 2.65. The second kappa shape index (κ2) is 8.69. The normalized spacial score (nSPS) is 14.0. The second-order valence-corrected chi connectivity index (χ2v) is 6.20. The fourth-order valence-electron chi connectivity index (χ4n) is 2.52. The molecule has 1 N–H and O–H groups in total. The molecule has 136 valence electrons. The highest BCUT2D eigenvalue weighted by molar-refractivity contribution is 6.30. The summed E-state index contributed by atoms with van der Waals surface area (Å²) in [5.41, 5.74) is 0.422. The molecule has 26 heavy (non-hydrogen) atoms. The lowest BCUT2D eigenvalue weighted by Gasteiger charge is -2.26. The number of hydrogen-bond donors (Lipinski definition) is 1. The van der Waals surface area contributed by atoms with Crippen LogP contribution in [-0.2, 0) is 9.53 Å². The van der Waals surface area contributed by atoms with E-state index in [1.54, 1.807) is 53.4 Å². The standard InChI is InChI=1S/C19H19ClN2O4/c20-15-4-6-16(7-5-15)26-17-3-1-2-14(12-17)19(24)21-13-18(23)22-8-10-25-11-9-22/h1-7,12H,8-11,13H2,(H,21,24). The lowest BCUT2D eigenvalue weighted by atomic mass is 10.2. The Bertz CT molecular complexity index is 773. The molecule has 0 saturated carbocycles. The van der Waals surface area contributed by atoms with E-state index in [9.17, 15) is 9.59 Å². The third-order valence-corrected chi connectivity index (χ3v) is 4.16. The summed E-state index contributed by atoms with van der Waals surface area (Å²) in [6, 6.07) is 13.7. The van der Waals surface area contributed by atoms with E-state index in [0.717, 1.165) is 0 Å². The van der Waals surface area contributed by atoms with Crippen LogP contribution in [0.15, 0.2) is 48.5 Å². The number of rotatable bonds is 5. The molecule has 1 heterocycles. The Morgan fingerprint density at radius 1 is 1.08 bits per heavy atom. The third-order valence-electron chi connectivity index (χ3n) is 3.91. The van der Waals surface area contributed by atoms with Crippen LogP contribution in [0.2, 0.25) is 5.02 Å². The smallest absolute Gasteiger partial charge is 0.251 e. The number of ether oxygens (including phenoxy) is 2. The zero-order chi connectivity index (χ0) is 18.4. The van der Waals surface area contributed by atoms with Gasteiger partial charge in [0.2, 0.25) is 5.91 Å². The summed E-state index contributed by atoms with van der Waals surface area (Å²) >= 11 is 5.85. The van der Waals surface area contributed by atoms with Crippen molar-refractivity contribution in [1.82, 2.24) is 10.2 Å². The van der Waals surface area contributed by atoms with Crippen LogP contribution in [0.3, 0.4) is 0 Å². The number of hydrogen-bond acceptors (Lipinski definition) is 4. The predicted molar refractivity (Wildman–Crippen MR) is 97.7 cm³/mol. The Hall–Kier alpha value is -2.57. The van der Waals surface area contributed by atoms with Crippen molar-refractivity contribution < 1.29 is 19.1 Å². The van der Waals surface area contributed by atoms with Gasteiger partial charge in [-0.05, 0) is 42.5 Å². The Labute approximate surface area is 156 Å². The van der Waals surface area contributed by atoms with E-state index in [-0.39, 0.29) is 18.4 Å². The summed E-state index contributed by atoms with van der Waals surface area (Å²) in [6.45, 7) is 2.13. The molecule has 2 amide bonds. The first-order chi connectivity index (χ1) is 12.6. The second-order valence-electron chi connectivity index (χ2n) is 5.76. The molecule has 0 aliphatic carbocycles. The fraction of sp³-hybridized carbons (Fsp3) is 0.263. The van der Waals surface area contributed by atoms with Gasteiger partial charge in [-0.15, -0.1) is 0 Å². The minimum Gasteiger partial charge on any atom is -0.457 e. The zero-order valence-electron chi connectivity index (χ0n) is 14.1. The van der Waals surface area contributed by atoms with Crippen molar-refractivity contribution >= 4 is 23.4 Å². The van der Waals surface area contributed by atoms with Gasteiger partial charge in [-0.3, -0.25) is 9.59 Å². The summed E-state index contributed by atoms with van der Waals surface area (Å²) in [4.78, 5) is 26.1. The Kier molecular flexibility index (Phi) is 6.09. The molecule has 7 heteroatoms. The molecule has 1 aliphatic heterocycles. The first-order valence-electron chi connectivity index (χ1n) is 8.29. The average Bonchev–Trinajstić information content (AvgIpc) is 2.68. The maximum absolute atomic E-state index is 12.3. The number of benzene rings is 2. The van der Waals surface area contributed by atoms with Crippen LogP contribution in [-0.4, -0.2) is 49.6 Å². The molecule has 0 atom stereocenters. The molecule has 0 aromatic heterocycles. The average molecular weight is 375 g/mol. The molecular weight excluding hydrogens is 356 g/mol. The van der Waals surface area contributed by atoms with Gasteiger partial charge in [-0.1, -0.05) is 17.7 Å². The van der Waals surface area contributed by atoms with Gasteiger partial charge in [-0.25, -0.2) is 0 Å². The predicted octanol–water partition coefficient (Wildman–Crippen LogP) is 2.72. The molecule has 3 rings (SSSR count). The van der Waals surface area contributed by atoms with Gasteiger partial charge in [0.15, 0.2) is 0 Å². The van der Waals surface area contributed by atoms with Gasteiger partial charge < -0.3 is 19.7 Å². The van der Waals surface area contributed by atoms with Crippen molar-refractivity contribution in [3.8, 4) is 11.5 Å². The highest BCUT2D eigenvalue weighted by Crippen LogP contribution is 2.23. The van der Waals surface area contributed by atoms with E-state index < -0.39 is 0 Å². The van der Waals surface area contributed by atoms with Crippen LogP contribution in [0, 0.1) is 0 Å². The number of morpholine rings is 1. The quantitative estimate of drug-likeness (QED) is 0.873. The molecular formula is C19H19ClN2O4. The molecule has 0 spiro atoms. The highest BCUT2D eigenvalue weighted by atomic mass is 35.5. The van der Waals surface area contributed by atoms with E-state index >= 15 is 0 Å². The van der Waals surface area contributed by atoms with Gasteiger partial charge in [0.25, 0.3) is 5.91 Å². The monoisotopic (exact) mass is 374 g/mol. The maximum Gasteiger partial charge on any atom is 0.251 e. The lowest BCUT2D eigenvalue weighted by molar-refractivity contribution is -0.134. The summed E-state index contributed by atoms with van der Waals surface area (Å²) in [6.07, 6.45) is 0. The lowest BCUT2D eigenvalue weighted by Crippen LogP contribution is -2.45. The van der Waals surface area contributed by atoms with E-state index in [0.29, 0.717) is 48.4 Å². The van der Waals surface area contributed by atoms with Crippen LogP contribution in [0.5, 0.6) is 11.5 Å². The molecule has 1 aliphatic rings. The number of halogens is 1. The molecule has 0 radical (unpaired) electrons. The number of nitrogens with zero attached hydrogens (tertiary/aromatic N) is 1. The van der Waals surface area contributed by atoms with Gasteiger partial charge in [0.05, 0.1) is 19.8 Å². The molecule has 1 fully saturated rings. The van der Waals surface area contributed by atoms with Crippen LogP contribution in [0.1, 0.15) is 10.4 Å². The van der Waals surface area contributed by atoms with Crippen LogP contribution >= 0.6 is 11.6 Å². The molecule has 0 unspecified atom stereocenters. The third kappa shape index (κ3) is 4.97. The Balaban J connectivity index is 1.57. The van der Waals surface area contributed by atoms with Gasteiger partial charge in [-0.2, -0.15) is 0 Å². The molecule has 0 bridgehead atoms. The number of carbonyl (C=O) groups excluding carboxylic acids is 2. The summed E-state index contributed by atoms with van der Waals surface area (Å²) < 4.78 is 10.9. The summed E-state index contributed by atoms with van der Waals surface area (Å²) in [7, 11) is 0. The van der Waals surface area contributed by atoms with Gasteiger partial charge >= 0.3 is 0 Å². The molecule has 2 aromatic rings. The minimum absolute atomic E-state index is 0.0406.